The fourth-order valence-corrected chi connectivity index (χ4v) is 3.75. The van der Waals surface area contributed by atoms with Crippen molar-refractivity contribution in [2.24, 2.45) is 0 Å². The Bertz CT molecular complexity index is 921. The third-order valence-electron chi connectivity index (χ3n) is 5.30. The van der Waals surface area contributed by atoms with E-state index in [4.69, 9.17) is 23.7 Å². The summed E-state index contributed by atoms with van der Waals surface area (Å²) < 4.78 is 29.2. The Balaban J connectivity index is 1.93. The van der Waals surface area contributed by atoms with Crippen molar-refractivity contribution in [1.29, 1.82) is 0 Å². The molecule has 3 rings (SSSR count). The lowest BCUT2D eigenvalue weighted by atomic mass is 9.95. The molecule has 2 aromatic carbocycles. The monoisotopic (exact) mass is 469 g/mol. The topological polar surface area (TPSA) is 92.3 Å². The van der Waals surface area contributed by atoms with Crippen LogP contribution >= 0.6 is 0 Å². The number of nitrogens with one attached hydrogen (secondary N) is 1. The zero-order valence-electron chi connectivity index (χ0n) is 19.4. The maximum absolute atomic E-state index is 12.7. The van der Waals surface area contributed by atoms with Crippen molar-refractivity contribution in [2.45, 2.75) is 50.8 Å². The van der Waals surface area contributed by atoms with Crippen molar-refractivity contribution >= 4 is 11.9 Å². The lowest BCUT2D eigenvalue weighted by Gasteiger charge is -2.45. The first kappa shape index (κ1) is 25.6. The first-order chi connectivity index (χ1) is 16.5. The third-order valence-corrected chi connectivity index (χ3v) is 5.30. The summed E-state index contributed by atoms with van der Waals surface area (Å²) in [6.07, 6.45) is -2.21. The van der Waals surface area contributed by atoms with E-state index < -0.39 is 36.6 Å². The van der Waals surface area contributed by atoms with Crippen LogP contribution in [0.4, 0.5) is 0 Å². The molecule has 1 saturated heterocycles. The van der Waals surface area contributed by atoms with Gasteiger partial charge in [0.05, 0.1) is 26.9 Å². The molecule has 8 nitrogen and oxygen atoms in total. The fraction of sp³-hybridized carbons (Fsp3) is 0.385. The fourth-order valence-electron chi connectivity index (χ4n) is 3.75. The molecule has 1 heterocycles. The minimum Gasteiger partial charge on any atom is -0.467 e. The average Bonchev–Trinajstić information content (AvgIpc) is 2.86. The predicted molar refractivity (Wildman–Crippen MR) is 124 cm³/mol. The Morgan fingerprint density at radius 3 is 2.00 bits per heavy atom. The van der Waals surface area contributed by atoms with Gasteiger partial charge in [0.25, 0.3) is 0 Å². The molecule has 0 aromatic heterocycles. The Hall–Kier alpha value is -3.04. The molecule has 0 saturated carbocycles. The van der Waals surface area contributed by atoms with Crippen molar-refractivity contribution in [2.75, 3.05) is 13.7 Å². The zero-order valence-corrected chi connectivity index (χ0v) is 19.4. The Labute approximate surface area is 199 Å². The number of methoxy groups -OCH3 is 1. The number of esters is 1. The van der Waals surface area contributed by atoms with Crippen molar-refractivity contribution in [3.05, 3.63) is 84.4 Å². The largest absolute Gasteiger partial charge is 0.467 e. The lowest BCUT2D eigenvalue weighted by molar-refractivity contribution is -0.279. The minimum absolute atomic E-state index is 0.148. The van der Waals surface area contributed by atoms with Gasteiger partial charge in [-0.1, -0.05) is 66.7 Å². The number of carbonyl (C=O) groups is 2. The summed E-state index contributed by atoms with van der Waals surface area (Å²) in [5, 5.41) is 2.85. The first-order valence-corrected chi connectivity index (χ1v) is 11.1. The summed E-state index contributed by atoms with van der Waals surface area (Å²) in [4.78, 5) is 24.8. The molecule has 0 radical (unpaired) electrons. The van der Waals surface area contributed by atoms with Crippen molar-refractivity contribution in [3.8, 4) is 0 Å². The van der Waals surface area contributed by atoms with Crippen molar-refractivity contribution in [3.63, 3.8) is 0 Å². The maximum Gasteiger partial charge on any atom is 0.337 e. The van der Waals surface area contributed by atoms with Gasteiger partial charge in [-0.05, 0) is 11.1 Å². The van der Waals surface area contributed by atoms with Crippen LogP contribution in [-0.2, 0) is 46.5 Å². The number of rotatable bonds is 11. The molecule has 34 heavy (non-hydrogen) atoms. The molecule has 0 spiro atoms. The van der Waals surface area contributed by atoms with Gasteiger partial charge in [0, 0.05) is 6.92 Å². The van der Waals surface area contributed by atoms with Crippen molar-refractivity contribution < 1.29 is 33.3 Å². The normalized spacial score (nSPS) is 24.2. The SMILES string of the molecule is C=CCO[C@@H]1O[C@H](C(=O)OC)[C@H](OCc2ccccc2)[C@H](OCc2ccccc2)[C@H]1NC(C)=O. The van der Waals surface area contributed by atoms with Crippen LogP contribution in [0.2, 0.25) is 0 Å². The molecule has 1 amide bonds. The Morgan fingerprint density at radius 1 is 0.941 bits per heavy atom. The Kier molecular flexibility index (Phi) is 9.78. The zero-order chi connectivity index (χ0) is 24.3. The number of benzene rings is 2. The number of hydrogen-bond donors (Lipinski definition) is 1. The van der Waals surface area contributed by atoms with E-state index in [2.05, 4.69) is 11.9 Å². The highest BCUT2D eigenvalue weighted by Gasteiger charge is 2.51. The molecule has 2 aromatic rings. The van der Waals surface area contributed by atoms with Gasteiger partial charge < -0.3 is 29.0 Å². The molecule has 5 atom stereocenters. The summed E-state index contributed by atoms with van der Waals surface area (Å²) in [6.45, 7) is 5.64. The van der Waals surface area contributed by atoms with Crippen LogP contribution < -0.4 is 5.32 Å². The van der Waals surface area contributed by atoms with Crippen LogP contribution in [0.1, 0.15) is 18.1 Å². The highest BCUT2D eigenvalue weighted by molar-refractivity contribution is 5.76. The number of amides is 1. The van der Waals surface area contributed by atoms with Crippen LogP contribution in [0.3, 0.4) is 0 Å². The van der Waals surface area contributed by atoms with Gasteiger partial charge >= 0.3 is 5.97 Å². The van der Waals surface area contributed by atoms with Gasteiger partial charge in [-0.2, -0.15) is 0 Å². The molecular weight excluding hydrogens is 438 g/mol. The average molecular weight is 470 g/mol. The highest BCUT2D eigenvalue weighted by Crippen LogP contribution is 2.29. The molecule has 0 bridgehead atoms. The van der Waals surface area contributed by atoms with Gasteiger partial charge in [0.2, 0.25) is 5.91 Å². The molecule has 1 fully saturated rings. The van der Waals surface area contributed by atoms with Gasteiger partial charge in [-0.25, -0.2) is 4.79 Å². The van der Waals surface area contributed by atoms with Crippen LogP contribution in [0.15, 0.2) is 73.3 Å². The van der Waals surface area contributed by atoms with E-state index in [1.807, 2.05) is 60.7 Å². The van der Waals surface area contributed by atoms with Gasteiger partial charge in [-0.3, -0.25) is 4.79 Å². The van der Waals surface area contributed by atoms with Crippen molar-refractivity contribution in [1.82, 2.24) is 5.32 Å². The summed E-state index contributed by atoms with van der Waals surface area (Å²) in [5.74, 6) is -0.924. The minimum atomic E-state index is -1.13. The van der Waals surface area contributed by atoms with E-state index in [1.165, 1.54) is 14.0 Å². The third kappa shape index (κ3) is 6.98. The summed E-state index contributed by atoms with van der Waals surface area (Å²) in [7, 11) is 1.28. The quantitative estimate of drug-likeness (QED) is 0.400. The highest BCUT2D eigenvalue weighted by atomic mass is 16.7. The summed E-state index contributed by atoms with van der Waals surface area (Å²) >= 11 is 0. The Morgan fingerprint density at radius 2 is 1.50 bits per heavy atom. The van der Waals surface area contributed by atoms with E-state index in [0.717, 1.165) is 11.1 Å². The van der Waals surface area contributed by atoms with Gasteiger partial charge in [0.15, 0.2) is 12.4 Å². The predicted octanol–water partition coefficient (Wildman–Crippen LogP) is 2.76. The molecule has 1 aliphatic heterocycles. The lowest BCUT2D eigenvalue weighted by Crippen LogP contribution is -2.66. The second kappa shape index (κ2) is 13.0. The van der Waals surface area contributed by atoms with Crippen LogP contribution in [0.5, 0.6) is 0 Å². The standard InChI is InChI=1S/C26H31NO7/c1-4-15-31-26-21(27-18(2)28)22(32-16-19-11-7-5-8-12-19)23(24(34-26)25(29)30-3)33-17-20-13-9-6-10-14-20/h4-14,21-24,26H,1,15-17H2,2-3H3,(H,27,28)/t21-,22-,23-,24+,26-/m1/s1. The molecule has 1 aliphatic rings. The van der Waals surface area contributed by atoms with Gasteiger partial charge in [-0.15, -0.1) is 6.58 Å². The number of ether oxygens (including phenoxy) is 5. The summed E-state index contributed by atoms with van der Waals surface area (Å²) in [5.41, 5.74) is 1.84. The smallest absolute Gasteiger partial charge is 0.337 e. The van der Waals surface area contributed by atoms with E-state index in [-0.39, 0.29) is 25.7 Å². The molecule has 182 valence electrons. The van der Waals surface area contributed by atoms with E-state index in [1.54, 1.807) is 6.08 Å². The second-order valence-electron chi connectivity index (χ2n) is 7.82. The summed E-state index contributed by atoms with van der Waals surface area (Å²) in [6, 6.07) is 18.4. The molecule has 0 unspecified atom stereocenters. The van der Waals surface area contributed by atoms with Crippen LogP contribution in [0.25, 0.3) is 0 Å². The van der Waals surface area contributed by atoms with Crippen LogP contribution in [-0.4, -0.2) is 56.2 Å². The van der Waals surface area contributed by atoms with Crippen LogP contribution in [0, 0.1) is 0 Å². The molecular formula is C26H31NO7. The van der Waals surface area contributed by atoms with E-state index >= 15 is 0 Å². The van der Waals surface area contributed by atoms with E-state index in [0.29, 0.717) is 0 Å². The molecule has 1 N–H and O–H groups in total. The number of hydrogen-bond acceptors (Lipinski definition) is 7. The maximum atomic E-state index is 12.7. The molecule has 8 heteroatoms. The van der Waals surface area contributed by atoms with E-state index in [9.17, 15) is 9.59 Å². The molecule has 0 aliphatic carbocycles. The number of carbonyl (C=O) groups excluding carboxylic acids is 2. The first-order valence-electron chi connectivity index (χ1n) is 11.1. The van der Waals surface area contributed by atoms with Gasteiger partial charge in [0.1, 0.15) is 18.2 Å². The second-order valence-corrected chi connectivity index (χ2v) is 7.82.